The molecule has 2 unspecified atom stereocenters. The number of aliphatic hydroxyl groups is 2. The van der Waals surface area contributed by atoms with Gasteiger partial charge in [0.1, 0.15) is 0 Å². The van der Waals surface area contributed by atoms with Crippen molar-refractivity contribution in [1.29, 1.82) is 0 Å². The van der Waals surface area contributed by atoms with Gasteiger partial charge in [-0.3, -0.25) is 4.79 Å². The highest BCUT2D eigenvalue weighted by atomic mass is 16.3. The molecule has 4 nitrogen and oxygen atoms in total. The molecule has 456 valence electrons. The zero-order valence-electron chi connectivity index (χ0n) is 52.6. The maximum Gasteiger partial charge on any atom is 0.220 e. The molecule has 0 fully saturated rings. The number of allylic oxidation sites excluding steroid dienone is 18. The maximum absolute atomic E-state index is 12.6. The summed E-state index contributed by atoms with van der Waals surface area (Å²) in [5, 5.41) is 23.5. The van der Waals surface area contributed by atoms with E-state index in [1.165, 1.54) is 231 Å². The van der Waals surface area contributed by atoms with Gasteiger partial charge < -0.3 is 15.5 Å². The highest BCUT2D eigenvalue weighted by molar-refractivity contribution is 5.76. The summed E-state index contributed by atoms with van der Waals surface area (Å²) in [6.45, 7) is 4.27. The van der Waals surface area contributed by atoms with Gasteiger partial charge >= 0.3 is 0 Å². The minimum Gasteiger partial charge on any atom is -0.394 e. The number of carbonyl (C=O) groups is 1. The molecule has 79 heavy (non-hydrogen) atoms. The fourth-order valence-electron chi connectivity index (χ4n) is 10.4. The van der Waals surface area contributed by atoms with Crippen LogP contribution < -0.4 is 5.32 Å². The molecule has 0 radical (unpaired) electrons. The van der Waals surface area contributed by atoms with Gasteiger partial charge in [0.05, 0.1) is 18.8 Å². The van der Waals surface area contributed by atoms with E-state index in [0.717, 1.165) is 83.5 Å². The Morgan fingerprint density at radius 1 is 0.316 bits per heavy atom. The first kappa shape index (κ1) is 76.0. The predicted octanol–water partition coefficient (Wildman–Crippen LogP) is 23.8. The van der Waals surface area contributed by atoms with Gasteiger partial charge in [-0.15, -0.1) is 0 Å². The van der Waals surface area contributed by atoms with Crippen molar-refractivity contribution < 1.29 is 15.0 Å². The number of amides is 1. The highest BCUT2D eigenvalue weighted by Crippen LogP contribution is 2.18. The van der Waals surface area contributed by atoms with Crippen molar-refractivity contribution in [1.82, 2.24) is 5.32 Å². The normalized spacial score (nSPS) is 13.4. The molecule has 3 N–H and O–H groups in total. The summed E-state index contributed by atoms with van der Waals surface area (Å²) in [6, 6.07) is -0.544. The molecule has 1 amide bonds. The van der Waals surface area contributed by atoms with Gasteiger partial charge in [-0.05, 0) is 83.5 Å². The van der Waals surface area contributed by atoms with E-state index >= 15 is 0 Å². The van der Waals surface area contributed by atoms with Crippen LogP contribution in [0.4, 0.5) is 0 Å². The maximum atomic E-state index is 12.6. The molecule has 4 heteroatoms. The summed E-state index contributed by atoms with van der Waals surface area (Å²) in [7, 11) is 0. The van der Waals surface area contributed by atoms with Crippen molar-refractivity contribution in [2.24, 2.45) is 0 Å². The summed E-state index contributed by atoms with van der Waals surface area (Å²) in [5.74, 6) is -0.0317. The number of aliphatic hydroxyl groups excluding tert-OH is 2. The first-order chi connectivity index (χ1) is 39.2. The average molecular weight is 1100 g/mol. The molecule has 0 saturated carbocycles. The lowest BCUT2D eigenvalue weighted by molar-refractivity contribution is -0.123. The molecular weight excluding hydrogens is 963 g/mol. The van der Waals surface area contributed by atoms with E-state index < -0.39 is 12.1 Å². The standard InChI is InChI=1S/C75H133NO3/c1-3-5-7-9-11-13-15-17-19-21-23-25-27-29-31-32-33-34-35-36-37-38-39-40-41-42-43-44-45-47-49-51-53-55-57-59-61-63-65-67-69-71-75(79)76-73(72-77)74(78)70-68-66-64-62-60-58-56-54-52-50-48-46-30-28-26-24-22-20-18-16-14-12-10-8-6-4-2/h5,7,11,13,17,19,23,25,29,31,33-34,36-37,39-40,42-43,73-74,77-78H,3-4,6,8-10,12,14-16,18,20-22,24,26-28,30,32,35,38,41,44-72H2,1-2H3,(H,76,79)/b7-5-,13-11-,19-17-,25-23-,31-29-,34-33-,37-36-,40-39-,43-42-. The first-order valence-corrected chi connectivity index (χ1v) is 34.6. The lowest BCUT2D eigenvalue weighted by atomic mass is 10.0. The molecule has 0 aromatic carbocycles. The second-order valence-electron chi connectivity index (χ2n) is 23.2. The minimum atomic E-state index is -0.667. The lowest BCUT2D eigenvalue weighted by Gasteiger charge is -2.22. The summed E-state index contributed by atoms with van der Waals surface area (Å²) in [5.41, 5.74) is 0. The lowest BCUT2D eigenvalue weighted by Crippen LogP contribution is -2.45. The Morgan fingerprint density at radius 2 is 0.557 bits per heavy atom. The largest absolute Gasteiger partial charge is 0.394 e. The molecule has 0 aromatic heterocycles. The Morgan fingerprint density at radius 3 is 0.835 bits per heavy atom. The van der Waals surface area contributed by atoms with E-state index in [4.69, 9.17) is 0 Å². The van der Waals surface area contributed by atoms with Gasteiger partial charge in [0.15, 0.2) is 0 Å². The van der Waals surface area contributed by atoms with E-state index in [1.807, 2.05) is 0 Å². The van der Waals surface area contributed by atoms with E-state index in [0.29, 0.717) is 12.8 Å². The zero-order valence-corrected chi connectivity index (χ0v) is 52.6. The van der Waals surface area contributed by atoms with Gasteiger partial charge in [0, 0.05) is 6.42 Å². The number of carbonyl (C=O) groups excluding carboxylic acids is 1. The van der Waals surface area contributed by atoms with Crippen LogP contribution in [0.1, 0.15) is 341 Å². The van der Waals surface area contributed by atoms with Gasteiger partial charge in [0.2, 0.25) is 5.91 Å². The molecule has 0 aliphatic heterocycles. The number of hydrogen-bond acceptors (Lipinski definition) is 3. The Hall–Kier alpha value is -2.95. The molecule has 0 aliphatic carbocycles. The van der Waals surface area contributed by atoms with Gasteiger partial charge in [-0.2, -0.15) is 0 Å². The SMILES string of the molecule is CC/C=C\C/C=C\C/C=C\C/C=C\C/C=C\C/C=C\C/C=C\C/C=C\C/C=C\CCCCCCCCCCCCCCCC(=O)NC(CO)C(O)CCCCCCCCCCCCCCCCCCCCCCCCCCCC. The molecule has 0 spiro atoms. The van der Waals surface area contributed by atoms with Crippen LogP contribution in [0.25, 0.3) is 0 Å². The number of rotatable bonds is 63. The van der Waals surface area contributed by atoms with Gasteiger partial charge in [0.25, 0.3) is 0 Å². The third-order valence-corrected chi connectivity index (χ3v) is 15.5. The molecule has 0 heterocycles. The van der Waals surface area contributed by atoms with Crippen LogP contribution in [-0.2, 0) is 4.79 Å². The number of unbranched alkanes of at least 4 members (excludes halogenated alkanes) is 38. The van der Waals surface area contributed by atoms with Crippen molar-refractivity contribution in [2.45, 2.75) is 353 Å². The van der Waals surface area contributed by atoms with Crippen molar-refractivity contribution in [2.75, 3.05) is 6.61 Å². The molecular formula is C75H133NO3. The average Bonchev–Trinajstić information content (AvgIpc) is 3.45. The Labute approximate surface area is 493 Å². The van der Waals surface area contributed by atoms with Crippen LogP contribution in [-0.4, -0.2) is 34.9 Å². The molecule has 0 saturated heterocycles. The summed E-state index contributed by atoms with van der Waals surface area (Å²) in [4.78, 5) is 12.6. The van der Waals surface area contributed by atoms with Crippen LogP contribution >= 0.6 is 0 Å². The number of hydrogen-bond donors (Lipinski definition) is 3. The second kappa shape index (κ2) is 69.3. The molecule has 0 rings (SSSR count). The van der Waals surface area contributed by atoms with Crippen molar-refractivity contribution >= 4 is 5.91 Å². The van der Waals surface area contributed by atoms with Crippen LogP contribution in [0, 0.1) is 0 Å². The third-order valence-electron chi connectivity index (χ3n) is 15.5. The third kappa shape index (κ3) is 65.7. The topological polar surface area (TPSA) is 69.6 Å². The monoisotopic (exact) mass is 1100 g/mol. The molecule has 0 aliphatic rings. The molecule has 0 bridgehead atoms. The van der Waals surface area contributed by atoms with Crippen LogP contribution in [0.15, 0.2) is 109 Å². The Balaban J connectivity index is 3.50. The highest BCUT2D eigenvalue weighted by Gasteiger charge is 2.20. The van der Waals surface area contributed by atoms with Gasteiger partial charge in [-0.1, -0.05) is 361 Å². The van der Waals surface area contributed by atoms with E-state index in [-0.39, 0.29) is 12.5 Å². The molecule has 2 atom stereocenters. The first-order valence-electron chi connectivity index (χ1n) is 34.6. The minimum absolute atomic E-state index is 0.0317. The van der Waals surface area contributed by atoms with E-state index in [9.17, 15) is 15.0 Å². The van der Waals surface area contributed by atoms with E-state index in [2.05, 4.69) is 129 Å². The summed E-state index contributed by atoms with van der Waals surface area (Å²) < 4.78 is 0. The van der Waals surface area contributed by atoms with Crippen LogP contribution in [0.2, 0.25) is 0 Å². The second-order valence-corrected chi connectivity index (χ2v) is 23.2. The quantitative estimate of drug-likeness (QED) is 0.0420. The van der Waals surface area contributed by atoms with Crippen molar-refractivity contribution in [3.05, 3.63) is 109 Å². The Kier molecular flexibility index (Phi) is 66.7. The molecule has 0 aromatic rings. The van der Waals surface area contributed by atoms with Crippen LogP contribution in [0.3, 0.4) is 0 Å². The summed E-state index contributed by atoms with van der Waals surface area (Å²) in [6.07, 6.45) is 104. The number of nitrogens with one attached hydrogen (secondary N) is 1. The fourth-order valence-corrected chi connectivity index (χ4v) is 10.4. The Bertz CT molecular complexity index is 1480. The van der Waals surface area contributed by atoms with Crippen molar-refractivity contribution in [3.63, 3.8) is 0 Å². The fraction of sp³-hybridized carbons (Fsp3) is 0.747. The summed E-state index contributed by atoms with van der Waals surface area (Å²) >= 11 is 0. The van der Waals surface area contributed by atoms with Gasteiger partial charge in [-0.25, -0.2) is 0 Å². The van der Waals surface area contributed by atoms with E-state index in [1.54, 1.807) is 0 Å². The zero-order chi connectivity index (χ0) is 56.9. The predicted molar refractivity (Wildman–Crippen MR) is 354 cm³/mol. The smallest absolute Gasteiger partial charge is 0.220 e. The van der Waals surface area contributed by atoms with Crippen LogP contribution in [0.5, 0.6) is 0 Å². The van der Waals surface area contributed by atoms with Crippen molar-refractivity contribution in [3.8, 4) is 0 Å².